The zero-order valence-electron chi connectivity index (χ0n) is 24.6. The lowest BCUT2D eigenvalue weighted by molar-refractivity contribution is -0.214. The van der Waals surface area contributed by atoms with Crippen LogP contribution in [0.25, 0.3) is 26.8 Å². The molecule has 2 aliphatic heterocycles. The predicted molar refractivity (Wildman–Crippen MR) is 170 cm³/mol. The van der Waals surface area contributed by atoms with Gasteiger partial charge in [0.25, 0.3) is 10.0 Å². The minimum atomic E-state index is -4.27. The first-order chi connectivity index (χ1) is 21.1. The Morgan fingerprint density at radius 1 is 1.05 bits per heavy atom. The van der Waals surface area contributed by atoms with E-state index in [1.54, 1.807) is 19.1 Å². The van der Waals surface area contributed by atoms with Crippen molar-refractivity contribution in [3.63, 3.8) is 0 Å². The maximum Gasteiger partial charge on any atom is 0.251 e. The quantitative estimate of drug-likeness (QED) is 0.208. The summed E-state index contributed by atoms with van der Waals surface area (Å²) in [6, 6.07) is 18.0. The highest BCUT2D eigenvalue weighted by Crippen LogP contribution is 2.35. The number of nitrogens with one attached hydrogen (secondary N) is 2. The number of sulfonamides is 1. The molecule has 0 spiro atoms. The Hall–Kier alpha value is -2.90. The van der Waals surface area contributed by atoms with Crippen molar-refractivity contribution in [2.75, 3.05) is 51.3 Å². The number of aliphatic hydroxyl groups is 3. The molecule has 5 rings (SSSR count). The number of nitriles is 1. The molecule has 0 amide bonds. The number of thiophene rings is 1. The standard InChI is InChI=1S/C31H38N4O7S2/c1-19(28(17-32)44(39,40)34-18-25-30(37)31(38)29(36)20(2)42-25)26-7-8-27(43-26)23-4-3-22-16-24(6-5-21(22)15-23)33-9-10-35-11-13-41-14-12-35/h3-8,15-16,20,25,29-31,33-34,36-38H,9-14,18H2,1-2H3/b28-19+/t20?,25-,29+,30-,31-/m1/s1. The van der Waals surface area contributed by atoms with E-state index in [-0.39, 0.29) is 6.54 Å². The van der Waals surface area contributed by atoms with Crippen LogP contribution >= 0.6 is 11.3 Å². The third kappa shape index (κ3) is 7.31. The minimum Gasteiger partial charge on any atom is -0.388 e. The molecule has 2 saturated heterocycles. The Balaban J connectivity index is 1.26. The van der Waals surface area contributed by atoms with Gasteiger partial charge in [-0.05, 0) is 66.1 Å². The smallest absolute Gasteiger partial charge is 0.251 e. The molecule has 2 aromatic carbocycles. The topological polar surface area (TPSA) is 164 Å². The van der Waals surface area contributed by atoms with E-state index in [9.17, 15) is 29.0 Å². The van der Waals surface area contributed by atoms with Crippen molar-refractivity contribution in [2.45, 2.75) is 44.4 Å². The van der Waals surface area contributed by atoms with E-state index in [4.69, 9.17) is 9.47 Å². The maximum absolute atomic E-state index is 13.1. The Bertz CT molecular complexity index is 1650. The molecule has 0 radical (unpaired) electrons. The van der Waals surface area contributed by atoms with Crippen molar-refractivity contribution in [3.05, 3.63) is 58.3 Å². The van der Waals surface area contributed by atoms with E-state index in [1.165, 1.54) is 18.3 Å². The summed E-state index contributed by atoms with van der Waals surface area (Å²) < 4.78 is 39.4. The van der Waals surface area contributed by atoms with E-state index in [0.29, 0.717) is 10.5 Å². The third-order valence-electron chi connectivity index (χ3n) is 8.10. The van der Waals surface area contributed by atoms with Crippen molar-refractivity contribution >= 4 is 43.4 Å². The van der Waals surface area contributed by atoms with Crippen LogP contribution in [0.1, 0.15) is 18.7 Å². The van der Waals surface area contributed by atoms with Gasteiger partial charge < -0.3 is 30.1 Å². The van der Waals surface area contributed by atoms with Gasteiger partial charge in [-0.3, -0.25) is 4.90 Å². The Labute approximate surface area is 261 Å². The molecular weight excluding hydrogens is 604 g/mol. The van der Waals surface area contributed by atoms with Gasteiger partial charge in [-0.25, -0.2) is 13.1 Å². The molecule has 0 bridgehead atoms. The summed E-state index contributed by atoms with van der Waals surface area (Å²) in [4.78, 5) is 3.50. The lowest BCUT2D eigenvalue weighted by Gasteiger charge is -2.39. The van der Waals surface area contributed by atoms with Crippen LogP contribution in [0.3, 0.4) is 0 Å². The lowest BCUT2D eigenvalue weighted by atomic mass is 9.96. The summed E-state index contributed by atoms with van der Waals surface area (Å²) in [7, 11) is -4.27. The average molecular weight is 643 g/mol. The predicted octanol–water partition coefficient (Wildman–Crippen LogP) is 2.36. The largest absolute Gasteiger partial charge is 0.388 e. The van der Waals surface area contributed by atoms with E-state index in [0.717, 1.165) is 66.3 Å². The van der Waals surface area contributed by atoms with Crippen molar-refractivity contribution in [1.29, 1.82) is 5.26 Å². The second-order valence-electron chi connectivity index (χ2n) is 11.1. The van der Waals surface area contributed by atoms with Crippen LogP contribution < -0.4 is 10.0 Å². The number of hydrogen-bond acceptors (Lipinski definition) is 11. The van der Waals surface area contributed by atoms with Crippen molar-refractivity contribution in [2.24, 2.45) is 0 Å². The normalized spacial score (nSPS) is 25.4. The highest BCUT2D eigenvalue weighted by atomic mass is 32.2. The minimum absolute atomic E-state index is 0.291. The monoisotopic (exact) mass is 642 g/mol. The molecule has 5 atom stereocenters. The Kier molecular flexibility index (Phi) is 10.4. The molecule has 236 valence electrons. The lowest BCUT2D eigenvalue weighted by Crippen LogP contribution is -2.59. The SMILES string of the molecule is C/C(=C(/C#N)S(=O)(=O)NC[C@H]1OC(C)[C@H](O)[C@@H](O)[C@@H]1O)c1ccc(-c2ccc3cc(NCCN4CCOCC4)ccc3c2)s1. The zero-order chi connectivity index (χ0) is 31.4. The van der Waals surface area contributed by atoms with Gasteiger partial charge in [0.15, 0.2) is 4.91 Å². The van der Waals surface area contributed by atoms with Gasteiger partial charge in [-0.15, -0.1) is 11.3 Å². The summed E-state index contributed by atoms with van der Waals surface area (Å²) in [5, 5.41) is 45.6. The first kappa shape index (κ1) is 32.5. The number of rotatable bonds is 10. The summed E-state index contributed by atoms with van der Waals surface area (Å²) in [6.45, 7) is 8.03. The van der Waals surface area contributed by atoms with Crippen LogP contribution in [0, 0.1) is 11.3 Å². The number of fused-ring (bicyclic) bond motifs is 1. The number of ether oxygens (including phenoxy) is 2. The summed E-state index contributed by atoms with van der Waals surface area (Å²) in [6.07, 6.45) is -6.17. The van der Waals surface area contributed by atoms with Gasteiger partial charge in [0.2, 0.25) is 0 Å². The fourth-order valence-corrected chi connectivity index (χ4v) is 7.65. The fraction of sp³-hybridized carbons (Fsp3) is 0.452. The molecule has 0 aliphatic carbocycles. The molecule has 3 aromatic rings. The van der Waals surface area contributed by atoms with Crippen LogP contribution in [-0.2, 0) is 19.5 Å². The summed E-state index contributed by atoms with van der Waals surface area (Å²) >= 11 is 1.38. The highest BCUT2D eigenvalue weighted by molar-refractivity contribution is 7.93. The van der Waals surface area contributed by atoms with E-state index >= 15 is 0 Å². The number of aliphatic hydroxyl groups excluding tert-OH is 3. The van der Waals surface area contributed by atoms with Crippen molar-refractivity contribution in [3.8, 4) is 16.5 Å². The molecule has 5 N–H and O–H groups in total. The second kappa shape index (κ2) is 14.0. The number of nitrogens with zero attached hydrogens (tertiary/aromatic N) is 2. The highest BCUT2D eigenvalue weighted by Gasteiger charge is 2.42. The molecule has 11 nitrogen and oxygen atoms in total. The summed E-state index contributed by atoms with van der Waals surface area (Å²) in [5.74, 6) is 0. The van der Waals surface area contributed by atoms with E-state index in [1.807, 2.05) is 12.1 Å². The first-order valence-electron chi connectivity index (χ1n) is 14.6. The van der Waals surface area contributed by atoms with Crippen LogP contribution in [0.5, 0.6) is 0 Å². The molecule has 2 fully saturated rings. The van der Waals surface area contributed by atoms with Crippen molar-refractivity contribution in [1.82, 2.24) is 9.62 Å². The molecule has 13 heteroatoms. The fourth-order valence-electron chi connectivity index (χ4n) is 5.41. The van der Waals surface area contributed by atoms with Gasteiger partial charge in [-0.1, -0.05) is 18.2 Å². The van der Waals surface area contributed by atoms with Crippen LogP contribution in [0.15, 0.2) is 53.4 Å². The molecule has 0 saturated carbocycles. The number of anilines is 1. The van der Waals surface area contributed by atoms with E-state index in [2.05, 4.69) is 45.3 Å². The summed E-state index contributed by atoms with van der Waals surface area (Å²) in [5.41, 5.74) is 2.33. The molecule has 2 aliphatic rings. The number of morpholine rings is 1. The number of benzene rings is 2. The van der Waals surface area contributed by atoms with Gasteiger partial charge in [0, 0.05) is 48.2 Å². The first-order valence-corrected chi connectivity index (χ1v) is 16.9. The maximum atomic E-state index is 13.1. The van der Waals surface area contributed by atoms with Gasteiger partial charge in [0.05, 0.1) is 19.3 Å². The molecule has 1 unspecified atom stereocenters. The molecular formula is C31H38N4O7S2. The zero-order valence-corrected chi connectivity index (χ0v) is 26.3. The Morgan fingerprint density at radius 3 is 2.52 bits per heavy atom. The van der Waals surface area contributed by atoms with Crippen LogP contribution in [0.4, 0.5) is 5.69 Å². The molecule has 3 heterocycles. The second-order valence-corrected chi connectivity index (χ2v) is 13.9. The average Bonchev–Trinajstić information content (AvgIpc) is 3.52. The van der Waals surface area contributed by atoms with Crippen LogP contribution in [0.2, 0.25) is 0 Å². The number of allylic oxidation sites excluding steroid dienone is 2. The third-order valence-corrected chi connectivity index (χ3v) is 10.8. The van der Waals surface area contributed by atoms with Gasteiger partial charge in [-0.2, -0.15) is 5.26 Å². The molecule has 1 aromatic heterocycles. The Morgan fingerprint density at radius 2 is 1.77 bits per heavy atom. The van der Waals surface area contributed by atoms with Gasteiger partial charge in [0.1, 0.15) is 30.5 Å². The molecule has 44 heavy (non-hydrogen) atoms. The van der Waals surface area contributed by atoms with E-state index < -0.39 is 45.4 Å². The van der Waals surface area contributed by atoms with Crippen molar-refractivity contribution < 1.29 is 33.2 Å². The van der Waals surface area contributed by atoms with Gasteiger partial charge >= 0.3 is 0 Å². The number of hydrogen-bond donors (Lipinski definition) is 5. The van der Waals surface area contributed by atoms with Crippen LogP contribution in [-0.4, -0.2) is 105 Å².